The summed E-state index contributed by atoms with van der Waals surface area (Å²) in [5.74, 6) is 0.923. The maximum absolute atomic E-state index is 13.2. The number of hydrogen-bond donors (Lipinski definition) is 1. The van der Waals surface area contributed by atoms with Gasteiger partial charge >= 0.3 is 0 Å². The summed E-state index contributed by atoms with van der Waals surface area (Å²) in [5, 5.41) is 0.417. The van der Waals surface area contributed by atoms with Crippen LogP contribution in [-0.4, -0.2) is 25.1 Å². The van der Waals surface area contributed by atoms with Gasteiger partial charge in [-0.25, -0.2) is 14.6 Å². The molecule has 0 aliphatic heterocycles. The average molecular weight is 533 g/mol. The van der Waals surface area contributed by atoms with Crippen LogP contribution in [0.25, 0.3) is 21.9 Å². The second-order valence-corrected chi connectivity index (χ2v) is 8.74. The molecule has 0 aliphatic rings. The largest absolute Gasteiger partial charge is 0.319 e. The minimum Gasteiger partial charge on any atom is -0.319 e. The summed E-state index contributed by atoms with van der Waals surface area (Å²) in [7, 11) is 0. The van der Waals surface area contributed by atoms with Gasteiger partial charge < -0.3 is 4.57 Å². The summed E-state index contributed by atoms with van der Waals surface area (Å²) in [5.41, 5.74) is 4.71. The van der Waals surface area contributed by atoms with Gasteiger partial charge in [-0.15, -0.1) is 0 Å². The highest BCUT2D eigenvalue weighted by Crippen LogP contribution is 2.25. The molecule has 0 atom stereocenters. The van der Waals surface area contributed by atoms with Crippen molar-refractivity contribution in [2.24, 2.45) is 0 Å². The zero-order valence-corrected chi connectivity index (χ0v) is 19.6. The van der Waals surface area contributed by atoms with E-state index in [0.29, 0.717) is 23.1 Å². The second kappa shape index (κ2) is 8.31. The Labute approximate surface area is 189 Å². The number of carbonyl (C=O) groups is 1. The second-order valence-electron chi connectivity index (χ2n) is 6.97. The van der Waals surface area contributed by atoms with E-state index >= 15 is 0 Å². The van der Waals surface area contributed by atoms with Gasteiger partial charge in [0.2, 0.25) is 0 Å². The first-order chi connectivity index (χ1) is 14.4. The van der Waals surface area contributed by atoms with Crippen LogP contribution < -0.4 is 11.0 Å². The number of halogens is 2. The van der Waals surface area contributed by atoms with Gasteiger partial charge in [0.15, 0.2) is 0 Å². The number of hydrogen-bond acceptors (Lipinski definition) is 4. The van der Waals surface area contributed by atoms with Crippen LogP contribution in [0, 0.1) is 6.92 Å². The molecule has 154 valence electrons. The predicted molar refractivity (Wildman–Crippen MR) is 124 cm³/mol. The van der Waals surface area contributed by atoms with E-state index in [0.717, 1.165) is 32.2 Å². The minimum absolute atomic E-state index is 0.0462. The van der Waals surface area contributed by atoms with Crippen molar-refractivity contribution in [3.8, 4) is 0 Å². The van der Waals surface area contributed by atoms with E-state index in [9.17, 15) is 9.59 Å². The monoisotopic (exact) mass is 531 g/mol. The van der Waals surface area contributed by atoms with Crippen LogP contribution >= 0.6 is 31.9 Å². The number of amides is 1. The van der Waals surface area contributed by atoms with Crippen LogP contribution in [0.4, 0.5) is 0 Å². The molecule has 0 bridgehead atoms. The lowest BCUT2D eigenvalue weighted by atomic mass is 10.2. The molecular weight excluding hydrogens is 514 g/mol. The summed E-state index contributed by atoms with van der Waals surface area (Å²) in [6.07, 6.45) is 1.34. The number of nitrogens with zero attached hydrogens (tertiary/aromatic N) is 4. The number of aromatic nitrogens is 4. The maximum atomic E-state index is 13.2. The van der Waals surface area contributed by atoms with Crippen molar-refractivity contribution in [1.29, 1.82) is 0 Å². The van der Waals surface area contributed by atoms with Gasteiger partial charge in [-0.2, -0.15) is 0 Å². The van der Waals surface area contributed by atoms with Crippen molar-refractivity contribution in [3.05, 3.63) is 67.3 Å². The van der Waals surface area contributed by atoms with Gasteiger partial charge in [0.1, 0.15) is 18.2 Å². The molecule has 0 saturated heterocycles. The summed E-state index contributed by atoms with van der Waals surface area (Å²) >= 11 is 6.88. The van der Waals surface area contributed by atoms with Gasteiger partial charge in [0.05, 0.1) is 21.9 Å². The highest BCUT2D eigenvalue weighted by atomic mass is 79.9. The normalized spacial score (nSPS) is 11.3. The third-order valence-electron chi connectivity index (χ3n) is 4.82. The van der Waals surface area contributed by atoms with Crippen LogP contribution in [0.15, 0.2) is 50.1 Å². The summed E-state index contributed by atoms with van der Waals surface area (Å²) in [6, 6.07) is 11.2. The Hall–Kier alpha value is -2.52. The summed E-state index contributed by atoms with van der Waals surface area (Å²) < 4.78 is 4.57. The van der Waals surface area contributed by atoms with Crippen LogP contribution in [0.5, 0.6) is 0 Å². The van der Waals surface area contributed by atoms with Gasteiger partial charge in [-0.05, 0) is 53.5 Å². The first kappa shape index (κ1) is 20.7. The summed E-state index contributed by atoms with van der Waals surface area (Å²) in [4.78, 5) is 35.2. The molecule has 2 aromatic carbocycles. The third-order valence-corrected chi connectivity index (χ3v) is 5.88. The highest BCUT2D eigenvalue weighted by molar-refractivity contribution is 9.11. The molecule has 0 unspecified atom stereocenters. The molecule has 4 rings (SSSR count). The van der Waals surface area contributed by atoms with E-state index in [1.54, 1.807) is 6.07 Å². The van der Waals surface area contributed by atoms with Crippen molar-refractivity contribution in [3.63, 3.8) is 0 Å². The zero-order chi connectivity index (χ0) is 21.4. The smallest absolute Gasteiger partial charge is 0.280 e. The predicted octanol–water partition coefficient (Wildman–Crippen LogP) is 4.30. The van der Waals surface area contributed by atoms with Crippen LogP contribution in [-0.2, 0) is 17.8 Å². The molecule has 1 amide bonds. The van der Waals surface area contributed by atoms with E-state index < -0.39 is 0 Å². The van der Waals surface area contributed by atoms with E-state index in [-0.39, 0.29) is 18.0 Å². The Balaban J connectivity index is 1.74. The first-order valence-electron chi connectivity index (χ1n) is 9.51. The Morgan fingerprint density at radius 1 is 1.17 bits per heavy atom. The number of aryl methyl sites for hydroxylation is 2. The quantitative estimate of drug-likeness (QED) is 0.415. The van der Waals surface area contributed by atoms with Crippen molar-refractivity contribution in [2.75, 3.05) is 5.43 Å². The molecule has 1 N–H and O–H groups in total. The lowest BCUT2D eigenvalue weighted by Gasteiger charge is -2.15. The SMILES string of the molecule is CCCc1nc2c(Br)cc(Br)cc2c(=O)n1NC(=O)Cn1c(C)nc2ccccc21. The number of rotatable bonds is 5. The molecule has 4 aromatic rings. The molecule has 30 heavy (non-hydrogen) atoms. The Morgan fingerprint density at radius 3 is 2.70 bits per heavy atom. The molecule has 2 aromatic heterocycles. The molecule has 0 radical (unpaired) electrons. The molecular formula is C21H19Br2N5O2. The van der Waals surface area contributed by atoms with E-state index in [1.807, 2.05) is 48.7 Å². The van der Waals surface area contributed by atoms with E-state index in [1.165, 1.54) is 4.68 Å². The first-order valence-corrected chi connectivity index (χ1v) is 11.1. The van der Waals surface area contributed by atoms with Crippen LogP contribution in [0.3, 0.4) is 0 Å². The van der Waals surface area contributed by atoms with E-state index in [2.05, 4.69) is 47.3 Å². The topological polar surface area (TPSA) is 81.8 Å². The molecule has 7 nitrogen and oxygen atoms in total. The molecule has 0 spiro atoms. The fraction of sp³-hybridized carbons (Fsp3) is 0.238. The van der Waals surface area contributed by atoms with Gasteiger partial charge in [-0.1, -0.05) is 35.0 Å². The minimum atomic E-state index is -0.323. The molecule has 0 fully saturated rings. The highest BCUT2D eigenvalue weighted by Gasteiger charge is 2.17. The maximum Gasteiger partial charge on any atom is 0.280 e. The molecule has 0 aliphatic carbocycles. The lowest BCUT2D eigenvalue weighted by molar-refractivity contribution is -0.117. The van der Waals surface area contributed by atoms with Crippen molar-refractivity contribution in [1.82, 2.24) is 19.2 Å². The standard InChI is InChI=1S/C21H19Br2N5O2/c1-3-6-18-25-20-14(9-13(22)10-15(20)23)21(30)28(18)26-19(29)11-27-12(2)24-16-7-4-5-8-17(16)27/h4-5,7-10H,3,6,11H2,1-2H3,(H,26,29). The number of carbonyl (C=O) groups excluding carboxylic acids is 1. The summed E-state index contributed by atoms with van der Waals surface area (Å²) in [6.45, 7) is 3.90. The fourth-order valence-corrected chi connectivity index (χ4v) is 4.78. The molecule has 2 heterocycles. The van der Waals surface area contributed by atoms with Crippen LogP contribution in [0.1, 0.15) is 25.0 Å². The number of fused-ring (bicyclic) bond motifs is 2. The molecule has 9 heteroatoms. The third kappa shape index (κ3) is 3.79. The number of imidazole rings is 1. The number of benzene rings is 2. The zero-order valence-electron chi connectivity index (χ0n) is 16.4. The Bertz CT molecular complexity index is 1340. The van der Waals surface area contributed by atoms with Gasteiger partial charge in [-0.3, -0.25) is 15.0 Å². The van der Waals surface area contributed by atoms with Gasteiger partial charge in [0, 0.05) is 15.4 Å². The van der Waals surface area contributed by atoms with Crippen LogP contribution in [0.2, 0.25) is 0 Å². The fourth-order valence-electron chi connectivity index (χ4n) is 3.47. The Kier molecular flexibility index (Phi) is 5.75. The lowest BCUT2D eigenvalue weighted by Crippen LogP contribution is -2.38. The van der Waals surface area contributed by atoms with Crippen molar-refractivity contribution < 1.29 is 4.79 Å². The molecule has 0 saturated carbocycles. The van der Waals surface area contributed by atoms with E-state index in [4.69, 9.17) is 0 Å². The van der Waals surface area contributed by atoms with Crippen molar-refractivity contribution >= 4 is 59.7 Å². The van der Waals surface area contributed by atoms with Crippen molar-refractivity contribution in [2.45, 2.75) is 33.2 Å². The van der Waals surface area contributed by atoms with Gasteiger partial charge in [0.25, 0.3) is 11.5 Å². The average Bonchev–Trinajstić information content (AvgIpc) is 3.01. The number of para-hydroxylation sites is 2. The Morgan fingerprint density at radius 2 is 1.93 bits per heavy atom. The number of nitrogens with one attached hydrogen (secondary N) is 1.